The lowest BCUT2D eigenvalue weighted by Gasteiger charge is -2.31. The average molecular weight is 587 g/mol. The van der Waals surface area contributed by atoms with Gasteiger partial charge in [0.05, 0.1) is 34.4 Å². The van der Waals surface area contributed by atoms with Crippen LogP contribution in [0.15, 0.2) is 0 Å². The van der Waals surface area contributed by atoms with Crippen LogP contribution in [0.3, 0.4) is 0 Å². The van der Waals surface area contributed by atoms with Gasteiger partial charge < -0.3 is 23.8 Å². The number of carboxylic acids is 1. The van der Waals surface area contributed by atoms with Crippen LogP contribution in [-0.2, 0) is 28.6 Å². The molecule has 8 heteroatoms. The molecule has 0 aliphatic heterocycles. The van der Waals surface area contributed by atoms with Crippen LogP contribution in [-0.4, -0.2) is 80.6 Å². The number of hydrogen-bond acceptors (Lipinski definition) is 6. The molecule has 0 aliphatic rings. The summed E-state index contributed by atoms with van der Waals surface area (Å²) in [5.41, 5.74) is 0. The van der Waals surface area contributed by atoms with Crippen molar-refractivity contribution in [2.45, 2.75) is 154 Å². The normalized spacial score (nSPS) is 13.1. The van der Waals surface area contributed by atoms with E-state index in [0.717, 1.165) is 44.9 Å². The third kappa shape index (κ3) is 24.6. The molecule has 8 nitrogen and oxygen atoms in total. The van der Waals surface area contributed by atoms with Crippen LogP contribution in [0.4, 0.5) is 0 Å². The second-order valence-electron chi connectivity index (χ2n) is 12.4. The predicted molar refractivity (Wildman–Crippen MR) is 165 cm³/mol. The number of rotatable bonds is 29. The highest BCUT2D eigenvalue weighted by Gasteiger charge is 2.31. The Labute approximate surface area is 251 Å². The number of esters is 2. The molecule has 0 spiro atoms. The van der Waals surface area contributed by atoms with Gasteiger partial charge in [-0.15, -0.1) is 0 Å². The highest BCUT2D eigenvalue weighted by molar-refractivity contribution is 5.72. The molecule has 0 bridgehead atoms. The SMILES string of the molecule is CCCCCCCCCCCCCCC(=O)OC(COCCC(C(=O)O)[N+](C)(C)C)COC(=O)CCCCCCC. The number of quaternary nitrogens is 1. The summed E-state index contributed by atoms with van der Waals surface area (Å²) in [7, 11) is 5.50. The molecule has 0 aromatic rings. The van der Waals surface area contributed by atoms with Crippen LogP contribution >= 0.6 is 0 Å². The Kier molecular flexibility index (Phi) is 24.9. The Morgan fingerprint density at radius 2 is 1.07 bits per heavy atom. The number of carboxylic acid groups (broad SMARTS) is 1. The fourth-order valence-electron chi connectivity index (χ4n) is 4.85. The van der Waals surface area contributed by atoms with Gasteiger partial charge in [-0.2, -0.15) is 0 Å². The Morgan fingerprint density at radius 1 is 0.634 bits per heavy atom. The van der Waals surface area contributed by atoms with E-state index >= 15 is 0 Å². The minimum Gasteiger partial charge on any atom is -0.477 e. The fourth-order valence-corrected chi connectivity index (χ4v) is 4.85. The van der Waals surface area contributed by atoms with Crippen molar-refractivity contribution in [3.63, 3.8) is 0 Å². The van der Waals surface area contributed by atoms with Gasteiger partial charge >= 0.3 is 17.9 Å². The molecule has 2 atom stereocenters. The number of aliphatic carboxylic acids is 1. The Hall–Kier alpha value is -1.67. The summed E-state index contributed by atoms with van der Waals surface area (Å²) in [5.74, 6) is -1.48. The fraction of sp³-hybridized carbons (Fsp3) is 0.909. The quantitative estimate of drug-likeness (QED) is 0.0552. The monoisotopic (exact) mass is 586 g/mol. The van der Waals surface area contributed by atoms with Crippen molar-refractivity contribution in [2.75, 3.05) is 41.0 Å². The topological polar surface area (TPSA) is 99.1 Å². The summed E-state index contributed by atoms with van der Waals surface area (Å²) in [6, 6.07) is -0.604. The third-order valence-electron chi connectivity index (χ3n) is 7.51. The summed E-state index contributed by atoms with van der Waals surface area (Å²) >= 11 is 0. The van der Waals surface area contributed by atoms with Gasteiger partial charge in [-0.3, -0.25) is 9.59 Å². The largest absolute Gasteiger partial charge is 0.477 e. The van der Waals surface area contributed by atoms with Gasteiger partial charge in [0.1, 0.15) is 6.61 Å². The number of likely N-dealkylation sites (N-methyl/N-ethyl adjacent to an activating group) is 1. The molecule has 41 heavy (non-hydrogen) atoms. The summed E-state index contributed by atoms with van der Waals surface area (Å²) in [5, 5.41) is 9.51. The standard InChI is InChI=1S/C33H63NO7/c1-6-8-10-12-13-14-15-16-17-18-20-22-24-32(36)41-29(28-40-31(35)23-21-19-11-9-7-2)27-39-26-25-30(33(37)38)34(3,4)5/h29-30H,6-28H2,1-5H3/p+1. The molecule has 2 unspecified atom stereocenters. The maximum atomic E-state index is 12.5. The third-order valence-corrected chi connectivity index (χ3v) is 7.51. The molecule has 0 aromatic heterocycles. The van der Waals surface area contributed by atoms with Crippen molar-refractivity contribution in [3.8, 4) is 0 Å². The zero-order valence-electron chi connectivity index (χ0n) is 27.3. The minimum absolute atomic E-state index is 0.0460. The first-order chi connectivity index (χ1) is 19.6. The lowest BCUT2D eigenvalue weighted by molar-refractivity contribution is -0.887. The van der Waals surface area contributed by atoms with E-state index in [9.17, 15) is 19.5 Å². The second kappa shape index (κ2) is 26.0. The summed E-state index contributed by atoms with van der Waals surface area (Å²) < 4.78 is 17.0. The molecule has 0 aliphatic carbocycles. The van der Waals surface area contributed by atoms with E-state index in [4.69, 9.17) is 14.2 Å². The van der Waals surface area contributed by atoms with E-state index < -0.39 is 18.1 Å². The smallest absolute Gasteiger partial charge is 0.362 e. The lowest BCUT2D eigenvalue weighted by atomic mass is 10.0. The molecule has 0 saturated heterocycles. The van der Waals surface area contributed by atoms with Gasteiger partial charge in [-0.25, -0.2) is 4.79 Å². The molecule has 0 aromatic carbocycles. The molecule has 0 amide bonds. The average Bonchev–Trinajstić information content (AvgIpc) is 2.90. The van der Waals surface area contributed by atoms with Crippen molar-refractivity contribution >= 4 is 17.9 Å². The van der Waals surface area contributed by atoms with E-state index in [1.54, 1.807) is 0 Å². The molecule has 0 saturated carbocycles. The molecule has 0 fully saturated rings. The molecule has 242 valence electrons. The summed E-state index contributed by atoms with van der Waals surface area (Å²) in [6.07, 6.45) is 20.3. The predicted octanol–water partition coefficient (Wildman–Crippen LogP) is 7.46. The molecule has 0 rings (SSSR count). The number of ether oxygens (including phenoxy) is 3. The van der Waals surface area contributed by atoms with Crippen LogP contribution in [0, 0.1) is 0 Å². The zero-order chi connectivity index (χ0) is 30.8. The number of unbranched alkanes of at least 4 members (excludes halogenated alkanes) is 15. The van der Waals surface area contributed by atoms with Crippen LogP contribution in [0.25, 0.3) is 0 Å². The first-order valence-electron chi connectivity index (χ1n) is 16.6. The van der Waals surface area contributed by atoms with Gasteiger partial charge in [0.25, 0.3) is 0 Å². The number of nitrogens with zero attached hydrogens (tertiary/aromatic N) is 1. The van der Waals surface area contributed by atoms with E-state index in [2.05, 4.69) is 13.8 Å². The maximum absolute atomic E-state index is 12.5. The first kappa shape index (κ1) is 39.3. The number of hydrogen-bond donors (Lipinski definition) is 1. The minimum atomic E-state index is -0.876. The van der Waals surface area contributed by atoms with Gasteiger partial charge in [0, 0.05) is 19.3 Å². The van der Waals surface area contributed by atoms with Crippen LogP contribution < -0.4 is 0 Å². The molecular formula is C33H64NO7+. The molecule has 0 radical (unpaired) electrons. The van der Waals surface area contributed by atoms with E-state index in [1.807, 2.05) is 21.1 Å². The van der Waals surface area contributed by atoms with Crippen molar-refractivity contribution in [2.24, 2.45) is 0 Å². The molecular weight excluding hydrogens is 522 g/mol. The molecule has 0 heterocycles. The second-order valence-corrected chi connectivity index (χ2v) is 12.4. The highest BCUT2D eigenvalue weighted by atomic mass is 16.6. The van der Waals surface area contributed by atoms with E-state index in [0.29, 0.717) is 19.3 Å². The van der Waals surface area contributed by atoms with Gasteiger partial charge in [-0.1, -0.05) is 110 Å². The van der Waals surface area contributed by atoms with Crippen LogP contribution in [0.5, 0.6) is 0 Å². The van der Waals surface area contributed by atoms with E-state index in [-0.39, 0.29) is 36.2 Å². The Bertz CT molecular complexity index is 662. The summed E-state index contributed by atoms with van der Waals surface area (Å²) in [4.78, 5) is 36.3. The molecule has 1 N–H and O–H groups in total. The maximum Gasteiger partial charge on any atom is 0.362 e. The van der Waals surface area contributed by atoms with Gasteiger partial charge in [-0.05, 0) is 12.8 Å². The van der Waals surface area contributed by atoms with Crippen LogP contribution in [0.1, 0.15) is 142 Å². The summed E-state index contributed by atoms with van der Waals surface area (Å²) in [6.45, 7) is 4.63. The Balaban J connectivity index is 4.41. The van der Waals surface area contributed by atoms with Gasteiger partial charge in [0.2, 0.25) is 0 Å². The number of carbonyl (C=O) groups is 3. The van der Waals surface area contributed by atoms with E-state index in [1.165, 1.54) is 64.2 Å². The highest BCUT2D eigenvalue weighted by Crippen LogP contribution is 2.14. The van der Waals surface area contributed by atoms with Crippen molar-refractivity contribution in [1.82, 2.24) is 0 Å². The Morgan fingerprint density at radius 3 is 1.51 bits per heavy atom. The van der Waals surface area contributed by atoms with Crippen molar-refractivity contribution in [1.29, 1.82) is 0 Å². The van der Waals surface area contributed by atoms with Gasteiger partial charge in [0.15, 0.2) is 12.1 Å². The first-order valence-corrected chi connectivity index (χ1v) is 16.6. The van der Waals surface area contributed by atoms with Crippen LogP contribution in [0.2, 0.25) is 0 Å². The van der Waals surface area contributed by atoms with Crippen molar-refractivity contribution in [3.05, 3.63) is 0 Å². The van der Waals surface area contributed by atoms with Crippen molar-refractivity contribution < 1.29 is 38.2 Å². The lowest BCUT2D eigenvalue weighted by Crippen LogP contribution is -2.50. The number of carbonyl (C=O) groups excluding carboxylic acids is 2. The zero-order valence-corrected chi connectivity index (χ0v) is 27.3.